The minimum Gasteiger partial charge on any atom is -0.453 e. The average molecular weight is 368 g/mol. The zero-order valence-electron chi connectivity index (χ0n) is 14.9. The van der Waals surface area contributed by atoms with Gasteiger partial charge < -0.3 is 4.74 Å². The van der Waals surface area contributed by atoms with Gasteiger partial charge in [0.25, 0.3) is 0 Å². The minimum atomic E-state index is 0.193. The first-order chi connectivity index (χ1) is 12.7. The highest BCUT2D eigenvalue weighted by molar-refractivity contribution is 6.31. The quantitative estimate of drug-likeness (QED) is 0.595. The van der Waals surface area contributed by atoms with Crippen molar-refractivity contribution in [2.24, 2.45) is 5.92 Å². The fourth-order valence-corrected chi connectivity index (χ4v) is 4.90. The van der Waals surface area contributed by atoms with E-state index in [0.717, 1.165) is 34.5 Å². The van der Waals surface area contributed by atoms with Crippen LogP contribution in [0.3, 0.4) is 0 Å². The predicted octanol–water partition coefficient (Wildman–Crippen LogP) is 5.71. The van der Waals surface area contributed by atoms with Crippen LogP contribution in [-0.4, -0.2) is 14.6 Å². The molecule has 3 aromatic rings. The van der Waals surface area contributed by atoms with E-state index in [0.29, 0.717) is 5.02 Å². The third-order valence-electron chi connectivity index (χ3n) is 6.40. The fraction of sp³-hybridized carbons (Fsp3) is 0.429. The van der Waals surface area contributed by atoms with E-state index < -0.39 is 0 Å². The lowest BCUT2D eigenvalue weighted by molar-refractivity contribution is 0.127. The van der Waals surface area contributed by atoms with Crippen molar-refractivity contribution < 1.29 is 4.74 Å². The Labute approximate surface area is 158 Å². The molecule has 3 aliphatic carbocycles. The maximum Gasteiger partial charge on any atom is 0.203 e. The molecule has 0 spiro atoms. The Hall–Kier alpha value is -2.07. The summed E-state index contributed by atoms with van der Waals surface area (Å²) in [5.74, 6) is 3.52. The Morgan fingerprint density at radius 3 is 2.54 bits per heavy atom. The molecule has 134 valence electrons. The zero-order valence-corrected chi connectivity index (χ0v) is 15.7. The highest BCUT2D eigenvalue weighted by Crippen LogP contribution is 2.51. The number of hydrogen-bond acceptors (Lipinski definition) is 3. The van der Waals surface area contributed by atoms with Gasteiger partial charge in [-0.15, -0.1) is 10.2 Å². The first kappa shape index (κ1) is 16.1. The van der Waals surface area contributed by atoms with Gasteiger partial charge in [-0.1, -0.05) is 17.7 Å². The smallest absolute Gasteiger partial charge is 0.203 e. The molecule has 0 aliphatic heterocycles. The number of nitrogens with zero attached hydrogens (tertiary/aromatic N) is 3. The van der Waals surface area contributed by atoms with Gasteiger partial charge in [0.15, 0.2) is 5.75 Å². The molecular formula is C21H22ClN3O. The number of hydrogen-bond donors (Lipinski definition) is 0. The van der Waals surface area contributed by atoms with Crippen molar-refractivity contribution in [3.8, 4) is 11.5 Å². The number of rotatable bonds is 3. The van der Waals surface area contributed by atoms with Gasteiger partial charge in [-0.25, -0.2) is 0 Å². The molecule has 0 saturated heterocycles. The fourth-order valence-electron chi connectivity index (χ4n) is 4.73. The van der Waals surface area contributed by atoms with Crippen molar-refractivity contribution >= 4 is 17.2 Å². The van der Waals surface area contributed by atoms with Crippen LogP contribution in [0.25, 0.3) is 5.65 Å². The lowest BCUT2D eigenvalue weighted by atomic mass is 9.60. The lowest BCUT2D eigenvalue weighted by Crippen LogP contribution is -2.39. The van der Waals surface area contributed by atoms with E-state index in [1.54, 1.807) is 0 Å². The first-order valence-electron chi connectivity index (χ1n) is 9.43. The molecule has 2 bridgehead atoms. The Kier molecular flexibility index (Phi) is 3.71. The molecule has 0 unspecified atom stereocenters. The molecule has 0 atom stereocenters. The van der Waals surface area contributed by atoms with Crippen molar-refractivity contribution in [3.63, 3.8) is 0 Å². The van der Waals surface area contributed by atoms with Crippen LogP contribution in [0.4, 0.5) is 0 Å². The second-order valence-electron chi connectivity index (χ2n) is 7.82. The summed E-state index contributed by atoms with van der Waals surface area (Å²) in [5, 5.41) is 9.85. The summed E-state index contributed by atoms with van der Waals surface area (Å²) in [4.78, 5) is 0. The van der Waals surface area contributed by atoms with Gasteiger partial charge in [-0.3, -0.25) is 4.40 Å². The number of halogens is 1. The number of fused-ring (bicyclic) bond motifs is 4. The topological polar surface area (TPSA) is 39.4 Å². The molecule has 6 rings (SSSR count). The lowest BCUT2D eigenvalue weighted by Gasteiger charge is -2.45. The van der Waals surface area contributed by atoms with Crippen LogP contribution >= 0.6 is 11.6 Å². The van der Waals surface area contributed by atoms with E-state index in [2.05, 4.69) is 20.8 Å². The second-order valence-corrected chi connectivity index (χ2v) is 8.22. The van der Waals surface area contributed by atoms with Crippen LogP contribution < -0.4 is 4.74 Å². The molecule has 0 amide bonds. The van der Waals surface area contributed by atoms with E-state index in [9.17, 15) is 0 Å². The van der Waals surface area contributed by atoms with Crippen molar-refractivity contribution in [3.05, 3.63) is 52.9 Å². The maximum absolute atomic E-state index is 6.23. The van der Waals surface area contributed by atoms with Gasteiger partial charge in [-0.2, -0.15) is 0 Å². The van der Waals surface area contributed by atoms with Crippen molar-refractivity contribution in [2.75, 3.05) is 0 Å². The molecule has 1 aromatic carbocycles. The van der Waals surface area contributed by atoms with Crippen LogP contribution in [-0.2, 0) is 5.41 Å². The second kappa shape index (κ2) is 5.98. The van der Waals surface area contributed by atoms with E-state index in [-0.39, 0.29) is 5.41 Å². The summed E-state index contributed by atoms with van der Waals surface area (Å²) >= 11 is 6.23. The molecule has 0 N–H and O–H groups in total. The van der Waals surface area contributed by atoms with Gasteiger partial charge in [0.1, 0.15) is 11.6 Å². The van der Waals surface area contributed by atoms with Crippen LogP contribution in [0.15, 0.2) is 36.5 Å². The van der Waals surface area contributed by atoms with Crippen molar-refractivity contribution in [2.45, 2.75) is 50.9 Å². The Morgan fingerprint density at radius 2 is 1.77 bits per heavy atom. The monoisotopic (exact) mass is 367 g/mol. The molecule has 4 nitrogen and oxygen atoms in total. The van der Waals surface area contributed by atoms with Gasteiger partial charge in [0, 0.05) is 22.2 Å². The van der Waals surface area contributed by atoms with Gasteiger partial charge in [0.2, 0.25) is 5.65 Å². The van der Waals surface area contributed by atoms with Crippen LogP contribution in [0.5, 0.6) is 11.5 Å². The summed E-state index contributed by atoms with van der Waals surface area (Å²) in [6, 6.07) is 9.67. The molecule has 5 heteroatoms. The molecule has 0 radical (unpaired) electrons. The summed E-state index contributed by atoms with van der Waals surface area (Å²) < 4.78 is 8.31. The summed E-state index contributed by atoms with van der Waals surface area (Å²) in [7, 11) is 0. The SMILES string of the molecule is Cc1c(Cl)cccc1Oc1cccn2c(C34CCC(CC3)CC4)nnc12. The van der Waals surface area contributed by atoms with Gasteiger partial charge in [-0.05, 0) is 75.6 Å². The normalized spacial score (nSPS) is 24.9. The largest absolute Gasteiger partial charge is 0.453 e. The maximum atomic E-state index is 6.23. The third kappa shape index (κ3) is 2.43. The first-order valence-corrected chi connectivity index (χ1v) is 9.81. The number of benzene rings is 1. The van der Waals surface area contributed by atoms with E-state index in [1.807, 2.05) is 37.3 Å². The zero-order chi connectivity index (χ0) is 17.7. The minimum absolute atomic E-state index is 0.193. The van der Waals surface area contributed by atoms with E-state index >= 15 is 0 Å². The molecule has 2 heterocycles. The van der Waals surface area contributed by atoms with Crippen LogP contribution in [0, 0.1) is 12.8 Å². The van der Waals surface area contributed by atoms with Gasteiger partial charge >= 0.3 is 0 Å². The van der Waals surface area contributed by atoms with Crippen LogP contribution in [0.2, 0.25) is 5.02 Å². The molecule has 3 aliphatic rings. The molecular weight excluding hydrogens is 346 g/mol. The summed E-state index contributed by atoms with van der Waals surface area (Å²) in [5.41, 5.74) is 1.91. The Bertz CT molecular complexity index is 959. The third-order valence-corrected chi connectivity index (χ3v) is 6.81. The highest BCUT2D eigenvalue weighted by atomic mass is 35.5. The molecule has 3 saturated carbocycles. The Balaban J connectivity index is 1.57. The standard InChI is InChI=1S/C21H22ClN3O/c1-14-16(22)4-2-5-17(14)26-18-6-3-13-25-19(18)23-24-20(25)21-10-7-15(8-11-21)9-12-21/h2-6,13,15H,7-12H2,1H3. The van der Waals surface area contributed by atoms with Crippen LogP contribution in [0.1, 0.15) is 49.9 Å². The molecule has 2 aromatic heterocycles. The summed E-state index contributed by atoms with van der Waals surface area (Å²) in [6.45, 7) is 1.96. The average Bonchev–Trinajstić information content (AvgIpc) is 3.13. The predicted molar refractivity (Wildman–Crippen MR) is 102 cm³/mol. The highest BCUT2D eigenvalue weighted by Gasteiger charge is 2.44. The number of pyridine rings is 1. The number of aromatic nitrogens is 3. The molecule has 3 fully saturated rings. The Morgan fingerprint density at radius 1 is 1.04 bits per heavy atom. The van der Waals surface area contributed by atoms with Gasteiger partial charge in [0.05, 0.1) is 0 Å². The van der Waals surface area contributed by atoms with E-state index in [4.69, 9.17) is 16.3 Å². The molecule has 26 heavy (non-hydrogen) atoms. The van der Waals surface area contributed by atoms with Crippen molar-refractivity contribution in [1.29, 1.82) is 0 Å². The summed E-state index contributed by atoms with van der Waals surface area (Å²) in [6.07, 6.45) is 9.75. The number of ether oxygens (including phenoxy) is 1. The van der Waals surface area contributed by atoms with E-state index in [1.165, 1.54) is 38.5 Å². The van der Waals surface area contributed by atoms with Crippen molar-refractivity contribution in [1.82, 2.24) is 14.6 Å².